The summed E-state index contributed by atoms with van der Waals surface area (Å²) < 4.78 is 18.8. The van der Waals surface area contributed by atoms with Crippen LogP contribution in [0.1, 0.15) is 21.5 Å². The Hall–Kier alpha value is -4.72. The molecule has 0 saturated carbocycles. The number of aryl methyl sites for hydroxylation is 1. The van der Waals surface area contributed by atoms with Gasteiger partial charge in [-0.1, -0.05) is 48.5 Å². The van der Waals surface area contributed by atoms with Gasteiger partial charge in [0.25, 0.3) is 5.91 Å². The van der Waals surface area contributed by atoms with Gasteiger partial charge in [-0.3, -0.25) is 9.89 Å². The molecule has 180 valence electrons. The van der Waals surface area contributed by atoms with Crippen LogP contribution in [-0.4, -0.2) is 28.2 Å². The van der Waals surface area contributed by atoms with Gasteiger partial charge in [-0.15, -0.1) is 0 Å². The monoisotopic (exact) mass is 481 g/mol. The zero-order chi connectivity index (χ0) is 25.2. The number of nitrogens with zero attached hydrogens (tertiary/aromatic N) is 2. The van der Waals surface area contributed by atoms with E-state index in [1.807, 2.05) is 61.5 Å². The maximum Gasteiger partial charge on any atom is 0.255 e. The Bertz CT molecular complexity index is 1580. The topological polar surface area (TPSA) is 106 Å². The molecule has 5 rings (SSSR count). The first-order valence-electron chi connectivity index (χ1n) is 11.4. The number of rotatable bonds is 6. The van der Waals surface area contributed by atoms with Gasteiger partial charge in [0.15, 0.2) is 5.82 Å². The Kier molecular flexibility index (Phi) is 6.08. The summed E-state index contributed by atoms with van der Waals surface area (Å²) in [5.41, 5.74) is 12.5. The van der Waals surface area contributed by atoms with E-state index in [4.69, 9.17) is 15.5 Å². The Morgan fingerprint density at radius 1 is 1.08 bits per heavy atom. The van der Waals surface area contributed by atoms with E-state index in [2.05, 4.69) is 15.5 Å². The molecule has 0 aliphatic heterocycles. The van der Waals surface area contributed by atoms with Crippen LogP contribution < -0.4 is 15.8 Å². The third kappa shape index (κ3) is 4.36. The Balaban J connectivity index is 1.43. The molecule has 7 nitrogen and oxygen atoms in total. The van der Waals surface area contributed by atoms with E-state index in [1.54, 1.807) is 0 Å². The van der Waals surface area contributed by atoms with E-state index < -0.39 is 11.7 Å². The molecule has 0 fully saturated rings. The van der Waals surface area contributed by atoms with Gasteiger partial charge in [-0.05, 0) is 42.3 Å². The Morgan fingerprint density at radius 2 is 1.86 bits per heavy atom. The van der Waals surface area contributed by atoms with Crippen LogP contribution in [0.2, 0.25) is 0 Å². The highest BCUT2D eigenvalue weighted by Gasteiger charge is 2.16. The molecule has 4 N–H and O–H groups in total. The second-order valence-corrected chi connectivity index (χ2v) is 8.43. The number of carbonyl (C=O) groups excluding carboxylic acids is 1. The summed E-state index contributed by atoms with van der Waals surface area (Å²) in [7, 11) is 1.44. The van der Waals surface area contributed by atoms with Crippen LogP contribution >= 0.6 is 0 Å². The van der Waals surface area contributed by atoms with Crippen molar-refractivity contribution in [3.05, 3.63) is 95.3 Å². The lowest BCUT2D eigenvalue weighted by Crippen LogP contribution is -2.23. The highest BCUT2D eigenvalue weighted by Crippen LogP contribution is 2.34. The maximum absolute atomic E-state index is 13.6. The first-order valence-corrected chi connectivity index (χ1v) is 11.4. The molecule has 0 aliphatic rings. The summed E-state index contributed by atoms with van der Waals surface area (Å²) in [6.45, 7) is 2.31. The molecule has 36 heavy (non-hydrogen) atoms. The van der Waals surface area contributed by atoms with Crippen molar-refractivity contribution in [2.45, 2.75) is 13.5 Å². The van der Waals surface area contributed by atoms with Gasteiger partial charge in [-0.2, -0.15) is 5.10 Å². The molecule has 2 aromatic heterocycles. The zero-order valence-corrected chi connectivity index (χ0v) is 19.8. The van der Waals surface area contributed by atoms with Gasteiger partial charge in [0, 0.05) is 17.7 Å². The summed E-state index contributed by atoms with van der Waals surface area (Å²) in [6.07, 6.45) is 0. The number of benzene rings is 3. The lowest BCUT2D eigenvalue weighted by Gasteiger charge is -2.11. The largest absolute Gasteiger partial charge is 0.496 e. The van der Waals surface area contributed by atoms with Gasteiger partial charge in [0.1, 0.15) is 11.6 Å². The average molecular weight is 482 g/mol. The van der Waals surface area contributed by atoms with Gasteiger partial charge in [0.2, 0.25) is 0 Å². The van der Waals surface area contributed by atoms with E-state index in [-0.39, 0.29) is 12.1 Å². The fourth-order valence-corrected chi connectivity index (χ4v) is 4.19. The van der Waals surface area contributed by atoms with E-state index in [1.165, 1.54) is 19.2 Å². The molecule has 0 spiro atoms. The Morgan fingerprint density at radius 3 is 2.61 bits per heavy atom. The molecule has 0 atom stereocenters. The highest BCUT2D eigenvalue weighted by molar-refractivity contribution is 6.01. The second kappa shape index (κ2) is 9.50. The van der Waals surface area contributed by atoms with Crippen LogP contribution in [-0.2, 0) is 6.54 Å². The molecule has 2 heterocycles. The van der Waals surface area contributed by atoms with E-state index >= 15 is 0 Å². The predicted octanol–water partition coefficient (Wildman–Crippen LogP) is 5.26. The number of nitrogens with one attached hydrogen (secondary N) is 2. The first-order chi connectivity index (χ1) is 17.4. The highest BCUT2D eigenvalue weighted by atomic mass is 19.1. The molecule has 8 heteroatoms. The van der Waals surface area contributed by atoms with Crippen LogP contribution in [0.3, 0.4) is 0 Å². The number of aromatic nitrogens is 3. The van der Waals surface area contributed by atoms with Gasteiger partial charge in [0.05, 0.1) is 35.0 Å². The van der Waals surface area contributed by atoms with Crippen LogP contribution in [0.25, 0.3) is 33.4 Å². The van der Waals surface area contributed by atoms with E-state index in [9.17, 15) is 9.18 Å². The van der Waals surface area contributed by atoms with Crippen molar-refractivity contribution in [3.8, 4) is 28.3 Å². The molecule has 5 aromatic rings. The van der Waals surface area contributed by atoms with Crippen LogP contribution in [0, 0.1) is 12.7 Å². The minimum absolute atomic E-state index is 0.143. The number of H-pyrrole nitrogens is 1. The standard InChI is InChI=1S/C28H24FN5O2/c1-16-5-3-4-6-20(16)22-14-23-25(27(30)34-33-23)26(32-22)18-9-7-17(8-10-18)15-31-28(35)21-13-19(29)11-12-24(21)36-2/h3-14H,15H2,1-2H3,(H,31,35)(H3,30,33,34). The number of hydrogen-bond acceptors (Lipinski definition) is 5. The van der Waals surface area contributed by atoms with Crippen molar-refractivity contribution >= 4 is 22.6 Å². The number of nitrogens with two attached hydrogens (primary N) is 1. The third-order valence-electron chi connectivity index (χ3n) is 6.08. The molecule has 0 bridgehead atoms. The van der Waals surface area contributed by atoms with Crippen molar-refractivity contribution in [1.82, 2.24) is 20.5 Å². The summed E-state index contributed by atoms with van der Waals surface area (Å²) >= 11 is 0. The maximum atomic E-state index is 13.6. The number of carbonyl (C=O) groups is 1. The number of aromatic amines is 1. The fraction of sp³-hybridized carbons (Fsp3) is 0.107. The smallest absolute Gasteiger partial charge is 0.255 e. The average Bonchev–Trinajstić information content (AvgIpc) is 3.28. The van der Waals surface area contributed by atoms with Gasteiger partial charge < -0.3 is 15.8 Å². The van der Waals surface area contributed by atoms with Crippen molar-refractivity contribution in [2.75, 3.05) is 12.8 Å². The number of hydrogen-bond donors (Lipinski definition) is 3. The van der Waals surface area contributed by atoms with Crippen molar-refractivity contribution < 1.29 is 13.9 Å². The molecule has 0 aliphatic carbocycles. The number of fused-ring (bicyclic) bond motifs is 1. The molecule has 0 saturated heterocycles. The number of anilines is 1. The fourth-order valence-electron chi connectivity index (χ4n) is 4.19. The van der Waals surface area contributed by atoms with Crippen LogP contribution in [0.4, 0.5) is 10.2 Å². The number of pyridine rings is 1. The number of amides is 1. The number of methoxy groups -OCH3 is 1. The van der Waals surface area contributed by atoms with Crippen molar-refractivity contribution in [1.29, 1.82) is 0 Å². The summed E-state index contributed by atoms with van der Waals surface area (Å²) in [5, 5.41) is 10.8. The molecule has 1 amide bonds. The van der Waals surface area contributed by atoms with E-state index in [0.29, 0.717) is 11.6 Å². The molecular formula is C28H24FN5O2. The normalized spacial score (nSPS) is 11.0. The molecule has 3 aromatic carbocycles. The number of nitrogen functional groups attached to an aromatic ring is 1. The lowest BCUT2D eigenvalue weighted by atomic mass is 10.0. The van der Waals surface area contributed by atoms with Crippen LogP contribution in [0.5, 0.6) is 5.75 Å². The van der Waals surface area contributed by atoms with E-state index in [0.717, 1.165) is 50.6 Å². The number of halogens is 1. The van der Waals surface area contributed by atoms with Gasteiger partial charge >= 0.3 is 0 Å². The minimum Gasteiger partial charge on any atom is -0.496 e. The number of ether oxygens (including phenoxy) is 1. The summed E-state index contributed by atoms with van der Waals surface area (Å²) in [4.78, 5) is 17.5. The molecular weight excluding hydrogens is 457 g/mol. The van der Waals surface area contributed by atoms with Crippen molar-refractivity contribution in [2.24, 2.45) is 0 Å². The first kappa shape index (κ1) is 23.0. The SMILES string of the molecule is COc1ccc(F)cc1C(=O)NCc1ccc(-c2nc(-c3ccccc3C)cc3[nH]nc(N)c23)cc1. The summed E-state index contributed by atoms with van der Waals surface area (Å²) in [6, 6.07) is 21.5. The third-order valence-corrected chi connectivity index (χ3v) is 6.08. The summed E-state index contributed by atoms with van der Waals surface area (Å²) in [5.74, 6) is -0.235. The zero-order valence-electron chi connectivity index (χ0n) is 19.8. The van der Waals surface area contributed by atoms with Crippen molar-refractivity contribution in [3.63, 3.8) is 0 Å². The molecule has 0 radical (unpaired) electrons. The molecule has 0 unspecified atom stereocenters. The second-order valence-electron chi connectivity index (χ2n) is 8.43. The quantitative estimate of drug-likeness (QED) is 0.307. The van der Waals surface area contributed by atoms with Crippen LogP contribution in [0.15, 0.2) is 72.8 Å². The van der Waals surface area contributed by atoms with Gasteiger partial charge in [-0.25, -0.2) is 9.37 Å². The minimum atomic E-state index is -0.504. The lowest BCUT2D eigenvalue weighted by molar-refractivity contribution is 0.0947. The Labute approximate surface area is 207 Å². The predicted molar refractivity (Wildman–Crippen MR) is 138 cm³/mol.